The van der Waals surface area contributed by atoms with Gasteiger partial charge in [-0.15, -0.1) is 0 Å². The van der Waals surface area contributed by atoms with Gasteiger partial charge in [0.25, 0.3) is 11.5 Å². The summed E-state index contributed by atoms with van der Waals surface area (Å²) in [5.74, 6) is 0.407. The van der Waals surface area contributed by atoms with Crippen molar-refractivity contribution >= 4 is 35.5 Å². The summed E-state index contributed by atoms with van der Waals surface area (Å²) in [6, 6.07) is 3.28. The lowest BCUT2D eigenvalue weighted by molar-refractivity contribution is -0.120. The Labute approximate surface area is 168 Å². The molecule has 0 saturated carbocycles. The molecular formula is C16H18ClN5O5S. The molecule has 0 aliphatic rings. The van der Waals surface area contributed by atoms with E-state index in [1.165, 1.54) is 13.3 Å². The van der Waals surface area contributed by atoms with Gasteiger partial charge < -0.3 is 9.47 Å². The van der Waals surface area contributed by atoms with Crippen molar-refractivity contribution in [3.63, 3.8) is 0 Å². The standard InChI is InChI=1S/C16H18ClN5O5S/c1-4-27-11-6-9(5-10(17)12(11)26-3)7-18-20-13(23)8(2)28-15-14(24)19-16(25)22-21-15/h5-8H,4H2,1-3H3,(H,20,23)(H2,19,22,24,25)/b18-7+. The van der Waals surface area contributed by atoms with E-state index in [1.807, 2.05) is 11.9 Å². The van der Waals surface area contributed by atoms with Gasteiger partial charge >= 0.3 is 5.69 Å². The van der Waals surface area contributed by atoms with Gasteiger partial charge in [-0.3, -0.25) is 14.6 Å². The van der Waals surface area contributed by atoms with Crippen molar-refractivity contribution in [2.45, 2.75) is 24.1 Å². The van der Waals surface area contributed by atoms with E-state index in [2.05, 4.69) is 20.7 Å². The summed E-state index contributed by atoms with van der Waals surface area (Å²) in [7, 11) is 1.49. The van der Waals surface area contributed by atoms with Crippen LogP contribution in [0.3, 0.4) is 0 Å². The van der Waals surface area contributed by atoms with Crippen LogP contribution in [0.15, 0.2) is 31.8 Å². The van der Waals surface area contributed by atoms with Crippen molar-refractivity contribution in [3.05, 3.63) is 43.6 Å². The number of hydrogen-bond acceptors (Lipinski definition) is 8. The number of methoxy groups -OCH3 is 1. The Morgan fingerprint density at radius 2 is 2.21 bits per heavy atom. The molecule has 0 aliphatic carbocycles. The third-order valence-corrected chi connectivity index (χ3v) is 4.61. The SMILES string of the molecule is CCOc1cc(/C=N/NC(=O)C(C)Sc2n[nH]c(=O)[nH]c2=O)cc(Cl)c1OC. The number of hydrogen-bond donors (Lipinski definition) is 3. The predicted octanol–water partition coefficient (Wildman–Crippen LogP) is 1.15. The monoisotopic (exact) mass is 427 g/mol. The van der Waals surface area contributed by atoms with Crippen molar-refractivity contribution in [2.75, 3.05) is 13.7 Å². The molecule has 2 rings (SSSR count). The molecule has 1 unspecified atom stereocenters. The first-order valence-corrected chi connectivity index (χ1v) is 9.30. The summed E-state index contributed by atoms with van der Waals surface area (Å²) >= 11 is 7.04. The third kappa shape index (κ3) is 5.60. The number of hydrazone groups is 1. The highest BCUT2D eigenvalue weighted by Gasteiger charge is 2.17. The molecule has 0 fully saturated rings. The molecule has 150 valence electrons. The number of halogens is 1. The minimum absolute atomic E-state index is 0.0329. The van der Waals surface area contributed by atoms with Gasteiger partial charge in [0, 0.05) is 0 Å². The second kappa shape index (κ2) is 9.95. The highest BCUT2D eigenvalue weighted by Crippen LogP contribution is 2.35. The maximum Gasteiger partial charge on any atom is 0.342 e. The molecule has 1 atom stereocenters. The van der Waals surface area contributed by atoms with Crippen molar-refractivity contribution in [1.82, 2.24) is 20.6 Å². The number of aromatic amines is 2. The smallest absolute Gasteiger partial charge is 0.342 e. The molecule has 0 radical (unpaired) electrons. The summed E-state index contributed by atoms with van der Waals surface area (Å²) in [4.78, 5) is 36.7. The number of ether oxygens (including phenoxy) is 2. The first-order chi connectivity index (χ1) is 13.3. The average molecular weight is 428 g/mol. The Morgan fingerprint density at radius 1 is 1.46 bits per heavy atom. The fourth-order valence-electron chi connectivity index (χ4n) is 2.02. The minimum atomic E-state index is -0.722. The number of nitrogens with one attached hydrogen (secondary N) is 3. The van der Waals surface area contributed by atoms with Gasteiger partial charge in [0.05, 0.1) is 30.2 Å². The van der Waals surface area contributed by atoms with Gasteiger partial charge in [-0.05, 0) is 31.5 Å². The molecule has 1 amide bonds. The zero-order valence-corrected chi connectivity index (χ0v) is 16.8. The topological polar surface area (TPSA) is 139 Å². The normalized spacial score (nSPS) is 12.0. The second-order valence-electron chi connectivity index (χ2n) is 5.27. The van der Waals surface area contributed by atoms with E-state index in [4.69, 9.17) is 21.1 Å². The quantitative estimate of drug-likeness (QED) is 0.326. The van der Waals surface area contributed by atoms with Crippen LogP contribution < -0.4 is 26.1 Å². The Balaban J connectivity index is 2.04. The lowest BCUT2D eigenvalue weighted by atomic mass is 10.2. The van der Waals surface area contributed by atoms with Gasteiger partial charge in [-0.2, -0.15) is 10.2 Å². The van der Waals surface area contributed by atoms with Crippen LogP contribution in [0.25, 0.3) is 0 Å². The van der Waals surface area contributed by atoms with Gasteiger partial charge in [0.15, 0.2) is 16.5 Å². The number of carbonyl (C=O) groups is 1. The molecule has 1 heterocycles. The van der Waals surface area contributed by atoms with Crippen LogP contribution in [0.2, 0.25) is 5.02 Å². The molecule has 0 aliphatic heterocycles. The molecule has 12 heteroatoms. The third-order valence-electron chi connectivity index (χ3n) is 3.26. The number of H-pyrrole nitrogens is 2. The molecule has 28 heavy (non-hydrogen) atoms. The Kier molecular flexibility index (Phi) is 7.64. The van der Waals surface area contributed by atoms with Crippen LogP contribution in [0.4, 0.5) is 0 Å². The maximum atomic E-state index is 12.1. The predicted molar refractivity (Wildman–Crippen MR) is 106 cm³/mol. The highest BCUT2D eigenvalue weighted by molar-refractivity contribution is 8.00. The Bertz CT molecular complexity index is 990. The molecule has 1 aromatic heterocycles. The first-order valence-electron chi connectivity index (χ1n) is 8.04. The molecule has 0 bridgehead atoms. The van der Waals surface area contributed by atoms with Crippen molar-refractivity contribution < 1.29 is 14.3 Å². The molecule has 10 nitrogen and oxygen atoms in total. The fourth-order valence-corrected chi connectivity index (χ4v) is 3.07. The molecule has 1 aromatic carbocycles. The molecular weight excluding hydrogens is 410 g/mol. The van der Waals surface area contributed by atoms with Crippen LogP contribution in [-0.4, -0.2) is 46.3 Å². The molecule has 2 aromatic rings. The van der Waals surface area contributed by atoms with E-state index in [0.29, 0.717) is 28.7 Å². The van der Waals surface area contributed by atoms with Gasteiger partial charge in [0.1, 0.15) is 0 Å². The van der Waals surface area contributed by atoms with Crippen LogP contribution >= 0.6 is 23.4 Å². The first kappa shape index (κ1) is 21.5. The number of amides is 1. The van der Waals surface area contributed by atoms with E-state index in [0.717, 1.165) is 11.8 Å². The summed E-state index contributed by atoms with van der Waals surface area (Å²) < 4.78 is 10.7. The summed E-state index contributed by atoms with van der Waals surface area (Å²) in [6.07, 6.45) is 1.40. The Morgan fingerprint density at radius 3 is 2.86 bits per heavy atom. The zero-order chi connectivity index (χ0) is 20.7. The lowest BCUT2D eigenvalue weighted by Crippen LogP contribution is -2.30. The van der Waals surface area contributed by atoms with Gasteiger partial charge in [-0.25, -0.2) is 15.3 Å². The fraction of sp³-hybridized carbons (Fsp3) is 0.312. The summed E-state index contributed by atoms with van der Waals surface area (Å²) in [5, 5.41) is 9.21. The van der Waals surface area contributed by atoms with Crippen LogP contribution in [0.1, 0.15) is 19.4 Å². The maximum absolute atomic E-state index is 12.1. The van der Waals surface area contributed by atoms with E-state index >= 15 is 0 Å². The van der Waals surface area contributed by atoms with E-state index in [-0.39, 0.29) is 5.03 Å². The number of nitrogens with zero attached hydrogens (tertiary/aromatic N) is 2. The summed E-state index contributed by atoms with van der Waals surface area (Å²) in [6.45, 7) is 3.82. The molecule has 3 N–H and O–H groups in total. The van der Waals surface area contributed by atoms with E-state index in [1.54, 1.807) is 19.1 Å². The van der Waals surface area contributed by atoms with Gasteiger partial charge in [-0.1, -0.05) is 23.4 Å². The molecule has 0 spiro atoms. The second-order valence-corrected chi connectivity index (χ2v) is 7.01. The minimum Gasteiger partial charge on any atom is -0.491 e. The van der Waals surface area contributed by atoms with Crippen LogP contribution in [0, 0.1) is 0 Å². The number of carbonyl (C=O) groups excluding carboxylic acids is 1. The van der Waals surface area contributed by atoms with E-state index < -0.39 is 22.4 Å². The Hall–Kier alpha value is -2.79. The zero-order valence-electron chi connectivity index (χ0n) is 15.2. The van der Waals surface area contributed by atoms with Crippen LogP contribution in [-0.2, 0) is 4.79 Å². The van der Waals surface area contributed by atoms with Crippen LogP contribution in [0.5, 0.6) is 11.5 Å². The number of benzene rings is 1. The lowest BCUT2D eigenvalue weighted by Gasteiger charge is -2.11. The average Bonchev–Trinajstić information content (AvgIpc) is 2.64. The number of aromatic nitrogens is 3. The summed E-state index contributed by atoms with van der Waals surface area (Å²) in [5.41, 5.74) is 1.56. The van der Waals surface area contributed by atoms with Crippen molar-refractivity contribution in [3.8, 4) is 11.5 Å². The number of rotatable bonds is 8. The highest BCUT2D eigenvalue weighted by atomic mass is 35.5. The molecule has 0 saturated heterocycles. The van der Waals surface area contributed by atoms with Crippen molar-refractivity contribution in [1.29, 1.82) is 0 Å². The van der Waals surface area contributed by atoms with Gasteiger partial charge in [0.2, 0.25) is 0 Å². The van der Waals surface area contributed by atoms with E-state index in [9.17, 15) is 14.4 Å². The van der Waals surface area contributed by atoms with Crippen molar-refractivity contribution in [2.24, 2.45) is 5.10 Å². The largest absolute Gasteiger partial charge is 0.491 e. The number of thioether (sulfide) groups is 1.